The van der Waals surface area contributed by atoms with Gasteiger partial charge in [0.1, 0.15) is 5.82 Å². The summed E-state index contributed by atoms with van der Waals surface area (Å²) in [5.41, 5.74) is 2.91. The summed E-state index contributed by atoms with van der Waals surface area (Å²) in [7, 11) is 0. The molecule has 160 valence electrons. The Bertz CT molecular complexity index is 1360. The van der Waals surface area contributed by atoms with E-state index in [1.807, 2.05) is 0 Å². The van der Waals surface area contributed by atoms with Crippen molar-refractivity contribution >= 4 is 29.0 Å². The number of carbonyl (C=O) groups excluding carboxylic acids is 1. The average Bonchev–Trinajstić information content (AvgIpc) is 3.19. The van der Waals surface area contributed by atoms with Gasteiger partial charge in [-0.2, -0.15) is 4.98 Å². The number of hydrogen-bond donors (Lipinski definition) is 0. The Balaban J connectivity index is 1.38. The molecule has 0 saturated carbocycles. The molecule has 0 radical (unpaired) electrons. The second-order valence-electron chi connectivity index (χ2n) is 7.54. The maximum atomic E-state index is 13.2. The average molecular weight is 449 g/mol. The number of Topliss-reactive ketones (excluding diaryl/α,β-unsaturated/α-hetero) is 1. The van der Waals surface area contributed by atoms with Gasteiger partial charge in [-0.25, -0.2) is 13.9 Å². The molecule has 0 amide bonds. The van der Waals surface area contributed by atoms with E-state index in [1.54, 1.807) is 30.5 Å². The zero-order valence-electron chi connectivity index (χ0n) is 16.6. The molecule has 0 unspecified atom stereocenters. The highest BCUT2D eigenvalue weighted by Gasteiger charge is 2.28. The van der Waals surface area contributed by atoms with Gasteiger partial charge in [0.15, 0.2) is 5.78 Å². The normalized spacial score (nSPS) is 15.7. The van der Waals surface area contributed by atoms with Crippen LogP contribution in [0.15, 0.2) is 59.9 Å². The fourth-order valence-corrected chi connectivity index (χ4v) is 4.57. The number of nitro groups is 1. The lowest BCUT2D eigenvalue weighted by Crippen LogP contribution is -2.21. The Morgan fingerprint density at radius 2 is 1.97 bits per heavy atom. The minimum absolute atomic E-state index is 0.0312. The van der Waals surface area contributed by atoms with E-state index in [0.29, 0.717) is 40.8 Å². The lowest BCUT2D eigenvalue weighted by atomic mass is 9.82. The van der Waals surface area contributed by atoms with Crippen molar-refractivity contribution in [3.8, 4) is 0 Å². The summed E-state index contributed by atoms with van der Waals surface area (Å²) >= 11 is 1.34. The van der Waals surface area contributed by atoms with E-state index in [9.17, 15) is 19.3 Å². The number of benzene rings is 2. The molecule has 10 heteroatoms. The Hall–Kier alpha value is -3.66. The summed E-state index contributed by atoms with van der Waals surface area (Å²) in [6, 6.07) is 12.6. The predicted molar refractivity (Wildman–Crippen MR) is 115 cm³/mol. The third-order valence-corrected chi connectivity index (χ3v) is 6.30. The van der Waals surface area contributed by atoms with Crippen LogP contribution in [0.2, 0.25) is 0 Å². The molecule has 2 aromatic heterocycles. The predicted octanol–water partition coefficient (Wildman–Crippen LogP) is 4.38. The quantitative estimate of drug-likeness (QED) is 0.253. The summed E-state index contributed by atoms with van der Waals surface area (Å²) in [5.74, 6) is 0.448. The maximum absolute atomic E-state index is 13.2. The van der Waals surface area contributed by atoms with E-state index >= 15 is 0 Å². The van der Waals surface area contributed by atoms with Gasteiger partial charge in [-0.05, 0) is 35.6 Å². The number of halogens is 1. The first-order chi connectivity index (χ1) is 15.5. The molecule has 0 fully saturated rings. The lowest BCUT2D eigenvalue weighted by Gasteiger charge is -2.23. The zero-order chi connectivity index (χ0) is 22.2. The highest BCUT2D eigenvalue weighted by Crippen LogP contribution is 2.32. The van der Waals surface area contributed by atoms with Gasteiger partial charge in [0.25, 0.3) is 11.5 Å². The molecule has 0 N–H and O–H groups in total. The van der Waals surface area contributed by atoms with Crippen LogP contribution in [0.25, 0.3) is 5.78 Å². The molecule has 1 aliphatic carbocycles. The number of ketones is 1. The molecule has 8 nitrogen and oxygen atoms in total. The molecule has 0 aliphatic heterocycles. The van der Waals surface area contributed by atoms with Crippen molar-refractivity contribution in [2.45, 2.75) is 29.7 Å². The molecular weight excluding hydrogens is 433 g/mol. The molecule has 32 heavy (non-hydrogen) atoms. The molecule has 4 aromatic rings. The molecule has 2 heterocycles. The first-order valence-electron chi connectivity index (χ1n) is 9.87. The number of thioether (sulfide) groups is 1. The van der Waals surface area contributed by atoms with Crippen LogP contribution in [0.1, 0.15) is 39.5 Å². The number of non-ortho nitro benzene ring substituents is 1. The van der Waals surface area contributed by atoms with Crippen molar-refractivity contribution in [2.75, 3.05) is 0 Å². The number of carbonyl (C=O) groups is 1. The SMILES string of the molecule is O=C1C[C@@H](c2ccc(F)cc2)Cc2nc3nc(SCc4cccc([N+](=O)[O-])c4)nn3cc21. The Labute approximate surface area is 185 Å². The number of aromatic nitrogens is 4. The van der Waals surface area contributed by atoms with E-state index in [2.05, 4.69) is 15.1 Å². The minimum atomic E-state index is -0.429. The van der Waals surface area contributed by atoms with E-state index in [4.69, 9.17) is 0 Å². The van der Waals surface area contributed by atoms with Gasteiger partial charge in [0.2, 0.25) is 5.16 Å². The topological polar surface area (TPSA) is 103 Å². The van der Waals surface area contributed by atoms with Gasteiger partial charge in [-0.1, -0.05) is 36.0 Å². The third-order valence-electron chi connectivity index (χ3n) is 5.39. The molecule has 0 bridgehead atoms. The van der Waals surface area contributed by atoms with Crippen LogP contribution in [-0.2, 0) is 12.2 Å². The molecule has 0 spiro atoms. The number of fused-ring (bicyclic) bond motifs is 2. The van der Waals surface area contributed by atoms with E-state index < -0.39 is 4.92 Å². The number of nitrogens with zero attached hydrogens (tertiary/aromatic N) is 5. The Kier molecular flexibility index (Phi) is 5.14. The Morgan fingerprint density at radius 1 is 1.16 bits per heavy atom. The van der Waals surface area contributed by atoms with Gasteiger partial charge in [0, 0.05) is 30.5 Å². The van der Waals surface area contributed by atoms with Crippen LogP contribution < -0.4 is 0 Å². The Morgan fingerprint density at radius 3 is 2.75 bits per heavy atom. The monoisotopic (exact) mass is 449 g/mol. The molecule has 5 rings (SSSR count). The standard InChI is InChI=1S/C22H16FN5O3S/c23-16-6-4-14(5-7-16)15-9-19-18(20(29)10-15)11-27-21(24-19)25-22(26-27)32-12-13-2-1-3-17(8-13)28(30)31/h1-8,11,15H,9-10,12H2/t15-/m0/s1. The van der Waals surface area contributed by atoms with E-state index in [-0.39, 0.29) is 23.2 Å². The van der Waals surface area contributed by atoms with E-state index in [0.717, 1.165) is 11.1 Å². The first kappa shape index (κ1) is 20.3. The second kappa shape index (κ2) is 8.12. The fraction of sp³-hybridized carbons (Fsp3) is 0.182. The zero-order valence-corrected chi connectivity index (χ0v) is 17.5. The molecule has 2 aromatic carbocycles. The van der Waals surface area contributed by atoms with Crippen molar-refractivity contribution in [2.24, 2.45) is 0 Å². The van der Waals surface area contributed by atoms with Crippen molar-refractivity contribution < 1.29 is 14.1 Å². The lowest BCUT2D eigenvalue weighted by molar-refractivity contribution is -0.384. The van der Waals surface area contributed by atoms with Crippen LogP contribution in [0.4, 0.5) is 10.1 Å². The van der Waals surface area contributed by atoms with Gasteiger partial charge < -0.3 is 0 Å². The van der Waals surface area contributed by atoms with Gasteiger partial charge in [-0.3, -0.25) is 14.9 Å². The number of hydrogen-bond acceptors (Lipinski definition) is 7. The molecule has 1 atom stereocenters. The third kappa shape index (κ3) is 3.96. The fourth-order valence-electron chi connectivity index (χ4n) is 3.80. The first-order valence-corrected chi connectivity index (χ1v) is 10.9. The summed E-state index contributed by atoms with van der Waals surface area (Å²) in [4.78, 5) is 32.3. The van der Waals surface area contributed by atoms with Crippen LogP contribution in [0.5, 0.6) is 0 Å². The summed E-state index contributed by atoms with van der Waals surface area (Å²) in [6.07, 6.45) is 2.55. The van der Waals surface area contributed by atoms with Crippen molar-refractivity contribution in [1.82, 2.24) is 19.6 Å². The highest BCUT2D eigenvalue weighted by molar-refractivity contribution is 7.98. The summed E-state index contributed by atoms with van der Waals surface area (Å²) < 4.78 is 14.7. The van der Waals surface area contributed by atoms with Crippen LogP contribution in [0, 0.1) is 15.9 Å². The largest absolute Gasteiger partial charge is 0.294 e. The van der Waals surface area contributed by atoms with E-state index in [1.165, 1.54) is 40.5 Å². The van der Waals surface area contributed by atoms with Crippen LogP contribution in [0.3, 0.4) is 0 Å². The molecular formula is C22H16FN5O3S. The van der Waals surface area contributed by atoms with Crippen LogP contribution >= 0.6 is 11.8 Å². The molecule has 0 saturated heterocycles. The maximum Gasteiger partial charge on any atom is 0.269 e. The number of nitro benzene ring substituents is 1. The minimum Gasteiger partial charge on any atom is -0.294 e. The van der Waals surface area contributed by atoms with Gasteiger partial charge in [0.05, 0.1) is 16.2 Å². The summed E-state index contributed by atoms with van der Waals surface area (Å²) in [5, 5.41) is 15.8. The van der Waals surface area contributed by atoms with Gasteiger partial charge in [-0.15, -0.1) is 5.10 Å². The highest BCUT2D eigenvalue weighted by atomic mass is 32.2. The van der Waals surface area contributed by atoms with Crippen LogP contribution in [-0.4, -0.2) is 30.3 Å². The van der Waals surface area contributed by atoms with Crippen molar-refractivity contribution in [3.63, 3.8) is 0 Å². The smallest absolute Gasteiger partial charge is 0.269 e. The van der Waals surface area contributed by atoms with Crippen molar-refractivity contribution in [3.05, 3.63) is 93.0 Å². The second-order valence-corrected chi connectivity index (χ2v) is 8.48. The van der Waals surface area contributed by atoms with Crippen molar-refractivity contribution in [1.29, 1.82) is 0 Å². The molecule has 1 aliphatic rings. The number of rotatable bonds is 5. The van der Waals surface area contributed by atoms with Gasteiger partial charge >= 0.3 is 0 Å². The summed E-state index contributed by atoms with van der Waals surface area (Å²) in [6.45, 7) is 0.